The smallest absolute Gasteiger partial charge is 0.222 e. The second-order valence-corrected chi connectivity index (χ2v) is 6.02. The van der Waals surface area contributed by atoms with Crippen LogP contribution in [0.4, 0.5) is 11.8 Å². The minimum atomic E-state index is -0.0287. The van der Waals surface area contributed by atoms with Gasteiger partial charge >= 0.3 is 0 Å². The molecular weight excluding hydrogens is 264 g/mol. The molecule has 5 heteroatoms. The Labute approximate surface area is 124 Å². The zero-order chi connectivity index (χ0) is 14.7. The summed E-state index contributed by atoms with van der Waals surface area (Å²) in [5.74, 6) is 1.04. The Balaban J connectivity index is 1.84. The second kappa shape index (κ2) is 5.85. The van der Waals surface area contributed by atoms with Crippen LogP contribution in [0.2, 0.25) is 0 Å². The zero-order valence-corrected chi connectivity index (χ0v) is 12.2. The van der Waals surface area contributed by atoms with Crippen LogP contribution in [0.5, 0.6) is 0 Å². The van der Waals surface area contributed by atoms with Crippen LogP contribution in [0.15, 0.2) is 24.3 Å². The van der Waals surface area contributed by atoms with Crippen molar-refractivity contribution in [3.8, 4) is 0 Å². The predicted molar refractivity (Wildman–Crippen MR) is 85.0 cm³/mol. The van der Waals surface area contributed by atoms with Gasteiger partial charge in [0, 0.05) is 17.3 Å². The number of para-hydroxylation sites is 1. The van der Waals surface area contributed by atoms with Crippen molar-refractivity contribution in [1.29, 1.82) is 0 Å². The number of nitrogens with zero attached hydrogens (tertiary/aromatic N) is 2. The van der Waals surface area contributed by atoms with Crippen LogP contribution < -0.4 is 11.1 Å². The molecule has 0 bridgehead atoms. The van der Waals surface area contributed by atoms with Gasteiger partial charge in [0.2, 0.25) is 5.95 Å². The molecule has 0 spiro atoms. The van der Waals surface area contributed by atoms with E-state index in [0.29, 0.717) is 0 Å². The highest BCUT2D eigenvalue weighted by Gasteiger charge is 2.31. The number of nitrogen functional groups attached to an aromatic ring is 1. The van der Waals surface area contributed by atoms with Crippen molar-refractivity contribution < 1.29 is 5.11 Å². The number of nitrogens with one attached hydrogen (secondary N) is 1. The number of hydrogen-bond donors (Lipinski definition) is 3. The number of rotatable bonds is 4. The first-order valence-electron chi connectivity index (χ1n) is 7.59. The number of benzene rings is 1. The Morgan fingerprint density at radius 2 is 1.90 bits per heavy atom. The monoisotopic (exact) mass is 286 g/mol. The van der Waals surface area contributed by atoms with Crippen molar-refractivity contribution in [2.45, 2.75) is 32.1 Å². The summed E-state index contributed by atoms with van der Waals surface area (Å²) in [4.78, 5) is 8.57. The fraction of sp³-hybridized carbons (Fsp3) is 0.500. The Morgan fingerprint density at radius 3 is 2.67 bits per heavy atom. The van der Waals surface area contributed by atoms with Gasteiger partial charge in [-0.15, -0.1) is 0 Å². The summed E-state index contributed by atoms with van der Waals surface area (Å²) in [6.45, 7) is 0.947. The lowest BCUT2D eigenvalue weighted by Crippen LogP contribution is -2.35. The van der Waals surface area contributed by atoms with Gasteiger partial charge in [0.05, 0.1) is 12.1 Å². The highest BCUT2D eigenvalue weighted by Crippen LogP contribution is 2.36. The lowest BCUT2D eigenvalue weighted by atomic mass is 9.74. The van der Waals surface area contributed by atoms with Crippen molar-refractivity contribution in [2.75, 3.05) is 24.2 Å². The van der Waals surface area contributed by atoms with Gasteiger partial charge in [-0.3, -0.25) is 0 Å². The summed E-state index contributed by atoms with van der Waals surface area (Å²) in [5, 5.41) is 14.2. The van der Waals surface area contributed by atoms with Crippen molar-refractivity contribution in [3.63, 3.8) is 0 Å². The van der Waals surface area contributed by atoms with Gasteiger partial charge in [-0.1, -0.05) is 31.4 Å². The van der Waals surface area contributed by atoms with Gasteiger partial charge in [-0.25, -0.2) is 4.98 Å². The van der Waals surface area contributed by atoms with E-state index < -0.39 is 0 Å². The third kappa shape index (κ3) is 2.93. The molecule has 1 fully saturated rings. The Bertz CT molecular complexity index is 623. The summed E-state index contributed by atoms with van der Waals surface area (Å²) >= 11 is 0. The molecule has 1 aliphatic rings. The van der Waals surface area contributed by atoms with Crippen molar-refractivity contribution in [1.82, 2.24) is 9.97 Å². The van der Waals surface area contributed by atoms with E-state index in [9.17, 15) is 5.11 Å². The number of aliphatic hydroxyl groups is 1. The molecule has 1 aliphatic carbocycles. The van der Waals surface area contributed by atoms with Gasteiger partial charge in [0.15, 0.2) is 0 Å². The Hall–Kier alpha value is -1.88. The molecule has 2 aromatic rings. The molecule has 112 valence electrons. The van der Waals surface area contributed by atoms with E-state index in [0.717, 1.165) is 36.1 Å². The summed E-state index contributed by atoms with van der Waals surface area (Å²) in [5.41, 5.74) is 6.60. The molecule has 1 aromatic heterocycles. The van der Waals surface area contributed by atoms with Crippen LogP contribution in [0.1, 0.15) is 32.1 Å². The molecule has 0 unspecified atom stereocenters. The number of anilines is 2. The van der Waals surface area contributed by atoms with Crippen LogP contribution in [-0.2, 0) is 0 Å². The maximum absolute atomic E-state index is 9.79. The van der Waals surface area contributed by atoms with Gasteiger partial charge in [-0.2, -0.15) is 4.98 Å². The maximum Gasteiger partial charge on any atom is 0.222 e. The van der Waals surface area contributed by atoms with Crippen molar-refractivity contribution in [3.05, 3.63) is 24.3 Å². The third-order valence-corrected chi connectivity index (χ3v) is 4.50. The number of aliphatic hydroxyl groups excluding tert-OH is 1. The van der Waals surface area contributed by atoms with Crippen LogP contribution in [-0.4, -0.2) is 28.2 Å². The fourth-order valence-electron chi connectivity index (χ4n) is 3.19. The minimum absolute atomic E-state index is 0.0287. The van der Waals surface area contributed by atoms with Crippen LogP contribution in [0.25, 0.3) is 10.9 Å². The molecule has 0 radical (unpaired) electrons. The largest absolute Gasteiger partial charge is 0.396 e. The summed E-state index contributed by atoms with van der Waals surface area (Å²) in [6.07, 6.45) is 5.78. The predicted octanol–water partition coefficient (Wildman–Crippen LogP) is 2.57. The zero-order valence-electron chi connectivity index (χ0n) is 12.2. The molecule has 1 aromatic carbocycles. The maximum atomic E-state index is 9.79. The van der Waals surface area contributed by atoms with E-state index >= 15 is 0 Å². The van der Waals surface area contributed by atoms with E-state index in [1.807, 2.05) is 24.3 Å². The average Bonchev–Trinajstić information content (AvgIpc) is 2.53. The molecule has 0 saturated heterocycles. The van der Waals surface area contributed by atoms with E-state index in [2.05, 4.69) is 15.3 Å². The highest BCUT2D eigenvalue weighted by molar-refractivity contribution is 5.89. The van der Waals surface area contributed by atoms with Crippen LogP contribution in [0.3, 0.4) is 0 Å². The molecular formula is C16H22N4O. The number of nitrogens with two attached hydrogens (primary N) is 1. The first-order valence-corrected chi connectivity index (χ1v) is 7.59. The molecule has 5 nitrogen and oxygen atoms in total. The lowest BCUT2D eigenvalue weighted by Gasteiger charge is -2.35. The summed E-state index contributed by atoms with van der Waals surface area (Å²) in [6, 6.07) is 7.83. The molecule has 0 aliphatic heterocycles. The number of aromatic nitrogens is 2. The SMILES string of the molecule is Nc1nc(NCC2(CO)CCCCC2)c2ccccc2n1. The van der Waals surface area contributed by atoms with Crippen LogP contribution >= 0.6 is 0 Å². The first-order chi connectivity index (χ1) is 10.2. The third-order valence-electron chi connectivity index (χ3n) is 4.50. The minimum Gasteiger partial charge on any atom is -0.396 e. The standard InChI is InChI=1S/C16H22N4O/c17-15-19-13-7-3-2-6-12(13)14(20-15)18-10-16(11-21)8-4-1-5-9-16/h2-3,6-7,21H,1,4-5,8-11H2,(H3,17,18,19,20). The topological polar surface area (TPSA) is 84.1 Å². The fourth-order valence-corrected chi connectivity index (χ4v) is 3.19. The van der Waals surface area contributed by atoms with Crippen molar-refractivity contribution in [2.24, 2.45) is 5.41 Å². The van der Waals surface area contributed by atoms with E-state index in [1.165, 1.54) is 19.3 Å². The molecule has 1 saturated carbocycles. The quantitative estimate of drug-likeness (QED) is 0.804. The summed E-state index contributed by atoms with van der Waals surface area (Å²) in [7, 11) is 0. The summed E-state index contributed by atoms with van der Waals surface area (Å²) < 4.78 is 0. The molecule has 21 heavy (non-hydrogen) atoms. The van der Waals surface area contributed by atoms with E-state index in [-0.39, 0.29) is 18.0 Å². The molecule has 3 rings (SSSR count). The van der Waals surface area contributed by atoms with Gasteiger partial charge < -0.3 is 16.2 Å². The molecule has 4 N–H and O–H groups in total. The van der Waals surface area contributed by atoms with Crippen LogP contribution in [0, 0.1) is 5.41 Å². The molecule has 0 amide bonds. The number of hydrogen-bond acceptors (Lipinski definition) is 5. The van der Waals surface area contributed by atoms with Gasteiger partial charge in [-0.05, 0) is 25.0 Å². The Morgan fingerprint density at radius 1 is 1.14 bits per heavy atom. The molecule has 1 heterocycles. The first kappa shape index (κ1) is 14.1. The van der Waals surface area contributed by atoms with E-state index in [4.69, 9.17) is 5.73 Å². The Kier molecular flexibility index (Phi) is 3.92. The van der Waals surface area contributed by atoms with Gasteiger partial charge in [0.25, 0.3) is 0 Å². The van der Waals surface area contributed by atoms with Gasteiger partial charge in [0.1, 0.15) is 5.82 Å². The van der Waals surface area contributed by atoms with E-state index in [1.54, 1.807) is 0 Å². The normalized spacial score (nSPS) is 17.8. The second-order valence-electron chi connectivity index (χ2n) is 6.02. The van der Waals surface area contributed by atoms with Crippen molar-refractivity contribution >= 4 is 22.7 Å². The number of fused-ring (bicyclic) bond motifs is 1. The lowest BCUT2D eigenvalue weighted by molar-refractivity contribution is 0.0943. The highest BCUT2D eigenvalue weighted by atomic mass is 16.3. The average molecular weight is 286 g/mol. The molecule has 0 atom stereocenters.